The van der Waals surface area contributed by atoms with Crippen LogP contribution in [0.1, 0.15) is 42.7 Å². The van der Waals surface area contributed by atoms with Gasteiger partial charge in [0.05, 0.1) is 12.1 Å². The van der Waals surface area contributed by atoms with Gasteiger partial charge >= 0.3 is 0 Å². The minimum Gasteiger partial charge on any atom is -0.315 e. The van der Waals surface area contributed by atoms with E-state index in [0.29, 0.717) is 49.8 Å². The number of carbonyl (C=O) groups is 1. The summed E-state index contributed by atoms with van der Waals surface area (Å²) in [5.41, 5.74) is 1.72. The molecule has 0 saturated carbocycles. The first-order chi connectivity index (χ1) is 13.9. The van der Waals surface area contributed by atoms with Crippen molar-refractivity contribution in [3.63, 3.8) is 0 Å². The van der Waals surface area contributed by atoms with Gasteiger partial charge < -0.3 is 5.32 Å². The van der Waals surface area contributed by atoms with Crippen LogP contribution in [0.2, 0.25) is 0 Å². The molecular weight excluding hydrogens is 410 g/mol. The molecule has 1 amide bonds. The third-order valence-corrected chi connectivity index (χ3v) is 8.99. The van der Waals surface area contributed by atoms with Crippen molar-refractivity contribution in [2.24, 2.45) is 0 Å². The maximum atomic E-state index is 12.6. The van der Waals surface area contributed by atoms with Crippen molar-refractivity contribution in [1.82, 2.24) is 13.5 Å². The van der Waals surface area contributed by atoms with Crippen molar-refractivity contribution in [3.05, 3.63) is 16.0 Å². The quantitative estimate of drug-likeness (QED) is 0.697. The van der Waals surface area contributed by atoms with E-state index in [1.54, 1.807) is 0 Å². The number of piperazine rings is 1. The first-order valence-corrected chi connectivity index (χ1v) is 12.4. The number of nitriles is 1. The molecule has 1 N–H and O–H groups in total. The van der Waals surface area contributed by atoms with Crippen molar-refractivity contribution < 1.29 is 13.2 Å². The Morgan fingerprint density at radius 2 is 1.83 bits per heavy atom. The maximum absolute atomic E-state index is 12.6. The third-order valence-electron chi connectivity index (χ3n) is 5.59. The number of nitrogens with zero attached hydrogens (tertiary/aromatic N) is 4. The van der Waals surface area contributed by atoms with Crippen LogP contribution in [-0.4, -0.2) is 73.6 Å². The molecule has 0 bridgehead atoms. The second-order valence-corrected chi connectivity index (χ2v) is 10.4. The smallest absolute Gasteiger partial charge is 0.282 e. The minimum absolute atomic E-state index is 0.153. The number of rotatable bonds is 7. The number of amides is 1. The summed E-state index contributed by atoms with van der Waals surface area (Å²) in [6, 6.07) is 2.26. The Hall–Kier alpha value is -1.51. The highest BCUT2D eigenvalue weighted by atomic mass is 32.2. The molecule has 29 heavy (non-hydrogen) atoms. The lowest BCUT2D eigenvalue weighted by Crippen LogP contribution is -2.54. The molecule has 1 aliphatic heterocycles. The van der Waals surface area contributed by atoms with Gasteiger partial charge in [0.1, 0.15) is 11.1 Å². The zero-order valence-corrected chi connectivity index (χ0v) is 18.7. The largest absolute Gasteiger partial charge is 0.315 e. The topological polar surface area (TPSA) is 96.8 Å². The van der Waals surface area contributed by atoms with E-state index in [4.69, 9.17) is 0 Å². The van der Waals surface area contributed by atoms with Gasteiger partial charge in [0.2, 0.25) is 5.91 Å². The Morgan fingerprint density at radius 3 is 2.45 bits per heavy atom. The van der Waals surface area contributed by atoms with E-state index >= 15 is 0 Å². The number of carbonyl (C=O) groups excluding carboxylic acids is 1. The Kier molecular flexibility index (Phi) is 7.29. The molecule has 3 rings (SSSR count). The van der Waals surface area contributed by atoms with Crippen molar-refractivity contribution in [1.29, 1.82) is 5.26 Å². The molecule has 0 aromatic carbocycles. The van der Waals surface area contributed by atoms with Gasteiger partial charge in [-0.25, -0.2) is 0 Å². The average Bonchev–Trinajstić information content (AvgIpc) is 3.05. The Balaban J connectivity index is 1.56. The molecule has 2 heterocycles. The maximum Gasteiger partial charge on any atom is 0.282 e. The molecule has 1 saturated heterocycles. The number of nitrogens with one attached hydrogen (secondary N) is 1. The lowest BCUT2D eigenvalue weighted by molar-refractivity contribution is -0.117. The van der Waals surface area contributed by atoms with Crippen LogP contribution in [0, 0.1) is 11.3 Å². The molecule has 0 unspecified atom stereocenters. The van der Waals surface area contributed by atoms with E-state index in [0.717, 1.165) is 31.2 Å². The number of aryl methyl sites for hydroxylation is 1. The second-order valence-electron chi connectivity index (χ2n) is 7.34. The van der Waals surface area contributed by atoms with Gasteiger partial charge in [-0.3, -0.25) is 9.69 Å². The lowest BCUT2D eigenvalue weighted by atomic mass is 9.96. The second kappa shape index (κ2) is 9.53. The molecular formula is C19H29N5O3S2. The summed E-state index contributed by atoms with van der Waals surface area (Å²) in [5.74, 6) is -0.153. The summed E-state index contributed by atoms with van der Waals surface area (Å²) in [4.78, 5) is 15.7. The van der Waals surface area contributed by atoms with Crippen LogP contribution in [0.15, 0.2) is 0 Å². The number of hydrogen-bond donors (Lipinski definition) is 1. The summed E-state index contributed by atoms with van der Waals surface area (Å²) in [7, 11) is -3.43. The van der Waals surface area contributed by atoms with Crippen molar-refractivity contribution in [3.8, 4) is 6.07 Å². The number of hydrogen-bond acceptors (Lipinski definition) is 6. The van der Waals surface area contributed by atoms with Crippen LogP contribution in [0.3, 0.4) is 0 Å². The predicted molar refractivity (Wildman–Crippen MR) is 114 cm³/mol. The van der Waals surface area contributed by atoms with Crippen LogP contribution in [0.5, 0.6) is 0 Å². The first-order valence-electron chi connectivity index (χ1n) is 10.2. The highest BCUT2D eigenvalue weighted by Gasteiger charge is 2.31. The van der Waals surface area contributed by atoms with E-state index < -0.39 is 10.2 Å². The van der Waals surface area contributed by atoms with Crippen LogP contribution in [0.25, 0.3) is 0 Å². The van der Waals surface area contributed by atoms with Crippen LogP contribution < -0.4 is 5.32 Å². The van der Waals surface area contributed by atoms with Gasteiger partial charge in [0, 0.05) is 44.1 Å². The van der Waals surface area contributed by atoms with E-state index in [1.165, 1.54) is 24.8 Å². The van der Waals surface area contributed by atoms with E-state index in [-0.39, 0.29) is 12.5 Å². The molecule has 0 radical (unpaired) electrons. The number of thiophene rings is 1. The Bertz CT molecular complexity index is 878. The predicted octanol–water partition coefficient (Wildman–Crippen LogP) is 1.64. The van der Waals surface area contributed by atoms with Gasteiger partial charge in [0.25, 0.3) is 10.2 Å². The van der Waals surface area contributed by atoms with Gasteiger partial charge in [-0.15, -0.1) is 11.3 Å². The Morgan fingerprint density at radius 1 is 1.17 bits per heavy atom. The molecule has 1 aromatic heterocycles. The molecule has 160 valence electrons. The van der Waals surface area contributed by atoms with E-state index in [1.807, 2.05) is 18.7 Å². The van der Waals surface area contributed by atoms with Gasteiger partial charge in [-0.1, -0.05) is 13.8 Å². The zero-order chi connectivity index (χ0) is 21.0. The first kappa shape index (κ1) is 22.2. The van der Waals surface area contributed by atoms with Crippen LogP contribution in [0.4, 0.5) is 5.00 Å². The normalized spacial score (nSPS) is 18.4. The fourth-order valence-electron chi connectivity index (χ4n) is 3.97. The van der Waals surface area contributed by atoms with Crippen molar-refractivity contribution >= 4 is 32.5 Å². The summed E-state index contributed by atoms with van der Waals surface area (Å²) in [6.45, 7) is 6.55. The van der Waals surface area contributed by atoms with Crippen LogP contribution >= 0.6 is 11.3 Å². The molecule has 0 spiro atoms. The summed E-state index contributed by atoms with van der Waals surface area (Å²) in [6.07, 6.45) is 4.11. The van der Waals surface area contributed by atoms with Gasteiger partial charge in [-0.05, 0) is 31.2 Å². The number of fused-ring (bicyclic) bond motifs is 1. The van der Waals surface area contributed by atoms with E-state index in [2.05, 4.69) is 11.4 Å². The van der Waals surface area contributed by atoms with Gasteiger partial charge in [0.15, 0.2) is 0 Å². The fraction of sp³-hybridized carbons (Fsp3) is 0.684. The van der Waals surface area contributed by atoms with Crippen molar-refractivity contribution in [2.45, 2.75) is 39.5 Å². The molecule has 1 aromatic rings. The van der Waals surface area contributed by atoms with Gasteiger partial charge in [-0.2, -0.15) is 22.3 Å². The highest BCUT2D eigenvalue weighted by Crippen LogP contribution is 2.37. The lowest BCUT2D eigenvalue weighted by Gasteiger charge is -2.35. The average molecular weight is 440 g/mol. The Labute approximate surface area is 177 Å². The monoisotopic (exact) mass is 439 g/mol. The molecule has 1 aliphatic carbocycles. The molecule has 0 atom stereocenters. The molecule has 10 heteroatoms. The summed E-state index contributed by atoms with van der Waals surface area (Å²) >= 11 is 1.52. The third kappa shape index (κ3) is 4.81. The number of anilines is 1. The highest BCUT2D eigenvalue weighted by molar-refractivity contribution is 7.86. The summed E-state index contributed by atoms with van der Waals surface area (Å²) in [5, 5.41) is 13.1. The summed E-state index contributed by atoms with van der Waals surface area (Å²) < 4.78 is 28.2. The molecule has 2 aliphatic rings. The standard InChI is InChI=1S/C19H29N5O3S2/c1-3-23(4-2)29(26,27)24-11-9-22(10-12-24)14-18(25)21-19-16(13-20)15-7-5-6-8-17(15)28-19/h3-12,14H2,1-2H3,(H,21,25). The fourth-order valence-corrected chi connectivity index (χ4v) is 6.83. The van der Waals surface area contributed by atoms with Crippen molar-refractivity contribution in [2.75, 3.05) is 51.1 Å². The SMILES string of the molecule is CCN(CC)S(=O)(=O)N1CCN(CC(=O)Nc2sc3c(c2C#N)CCCC3)CC1. The molecule has 8 nitrogen and oxygen atoms in total. The minimum atomic E-state index is -3.43. The van der Waals surface area contributed by atoms with E-state index in [9.17, 15) is 18.5 Å². The molecule has 1 fully saturated rings. The zero-order valence-electron chi connectivity index (χ0n) is 17.1. The van der Waals surface area contributed by atoms with Crippen LogP contribution in [-0.2, 0) is 27.8 Å².